The molecule has 10 heteroatoms. The lowest BCUT2D eigenvalue weighted by molar-refractivity contribution is 0.0992. The van der Waals surface area contributed by atoms with E-state index in [1.54, 1.807) is 23.5 Å². The number of carbonyl (C=O) groups is 1. The van der Waals surface area contributed by atoms with Crippen LogP contribution < -0.4 is 15.0 Å². The van der Waals surface area contributed by atoms with Crippen molar-refractivity contribution in [2.75, 3.05) is 30.5 Å². The van der Waals surface area contributed by atoms with Gasteiger partial charge in [0.15, 0.2) is 5.82 Å². The highest BCUT2D eigenvalue weighted by Gasteiger charge is 2.41. The van der Waals surface area contributed by atoms with Crippen molar-refractivity contribution in [1.29, 1.82) is 0 Å². The average molecular weight is 492 g/mol. The lowest BCUT2D eigenvalue weighted by atomic mass is 10.1. The fourth-order valence-electron chi connectivity index (χ4n) is 4.84. The number of ether oxygens (including phenoxy) is 2. The van der Waals surface area contributed by atoms with Gasteiger partial charge in [0, 0.05) is 12.7 Å². The third kappa shape index (κ3) is 3.78. The molecule has 0 aliphatic carbocycles. The number of halogens is 1. The highest BCUT2D eigenvalue weighted by atomic mass is 32.1. The van der Waals surface area contributed by atoms with Crippen molar-refractivity contribution >= 4 is 38.8 Å². The first-order valence-corrected chi connectivity index (χ1v) is 12.1. The summed E-state index contributed by atoms with van der Waals surface area (Å²) in [6.07, 6.45) is 2.60. The number of hydrogen-bond donors (Lipinski definition) is 1. The van der Waals surface area contributed by atoms with Crippen LogP contribution in [0.5, 0.6) is 5.75 Å². The Bertz CT molecular complexity index is 1460. The van der Waals surface area contributed by atoms with E-state index in [-0.39, 0.29) is 29.2 Å². The van der Waals surface area contributed by atoms with Crippen molar-refractivity contribution in [3.63, 3.8) is 0 Å². The van der Waals surface area contributed by atoms with Crippen molar-refractivity contribution in [2.45, 2.75) is 25.5 Å². The topological polar surface area (TPSA) is 89.5 Å². The fourth-order valence-corrected chi connectivity index (χ4v) is 5.67. The number of carbonyl (C=O) groups excluding carboxylic acids is 1. The van der Waals surface area contributed by atoms with Gasteiger partial charge >= 0.3 is 0 Å². The number of morpholine rings is 1. The number of nitrogens with zero attached hydrogens (tertiary/aromatic N) is 4. The van der Waals surface area contributed by atoms with E-state index in [1.807, 2.05) is 19.1 Å². The molecule has 0 saturated carbocycles. The lowest BCUT2D eigenvalue weighted by Gasteiger charge is -2.31. The zero-order valence-electron chi connectivity index (χ0n) is 19.1. The normalized spacial score (nSPS) is 18.9. The van der Waals surface area contributed by atoms with Crippen molar-refractivity contribution in [1.82, 2.24) is 15.0 Å². The second-order valence-corrected chi connectivity index (χ2v) is 9.81. The zero-order valence-corrected chi connectivity index (χ0v) is 19.9. The Morgan fingerprint density at radius 1 is 1.26 bits per heavy atom. The highest BCUT2D eigenvalue weighted by molar-refractivity contribution is 7.18. The summed E-state index contributed by atoms with van der Waals surface area (Å²) in [5.41, 5.74) is 2.66. The van der Waals surface area contributed by atoms with E-state index in [0.717, 1.165) is 33.9 Å². The number of rotatable bonds is 5. The molecule has 0 spiro atoms. The van der Waals surface area contributed by atoms with Crippen LogP contribution in [-0.4, -0.2) is 53.3 Å². The number of thiazole rings is 1. The minimum absolute atomic E-state index is 0.0763. The lowest BCUT2D eigenvalue weighted by Crippen LogP contribution is -2.37. The third-order valence-corrected chi connectivity index (χ3v) is 7.32. The van der Waals surface area contributed by atoms with E-state index >= 15 is 0 Å². The Morgan fingerprint density at radius 3 is 2.91 bits per heavy atom. The second-order valence-electron chi connectivity index (χ2n) is 8.58. The van der Waals surface area contributed by atoms with Crippen LogP contribution in [0.1, 0.15) is 21.9 Å². The summed E-state index contributed by atoms with van der Waals surface area (Å²) in [5, 5.41) is 3.98. The molecule has 2 atom stereocenters. The van der Waals surface area contributed by atoms with Gasteiger partial charge in [-0.2, -0.15) is 0 Å². The smallest absolute Gasteiger partial charge is 0.274 e. The van der Waals surface area contributed by atoms with Gasteiger partial charge in [0.1, 0.15) is 22.8 Å². The van der Waals surface area contributed by atoms with E-state index in [1.165, 1.54) is 25.4 Å². The van der Waals surface area contributed by atoms with Crippen molar-refractivity contribution in [3.05, 3.63) is 59.1 Å². The predicted molar refractivity (Wildman–Crippen MR) is 132 cm³/mol. The number of amides is 1. The molecular weight excluding hydrogens is 469 g/mol. The van der Waals surface area contributed by atoms with E-state index < -0.39 is 11.7 Å². The third-order valence-electron chi connectivity index (χ3n) is 6.38. The molecule has 2 aliphatic heterocycles. The maximum absolute atomic E-state index is 14.6. The molecular formula is C25H22FN5O3S. The minimum atomic E-state index is -0.528. The first-order valence-electron chi connectivity index (χ1n) is 11.3. The Morgan fingerprint density at radius 2 is 2.14 bits per heavy atom. The molecule has 0 radical (unpaired) electrons. The van der Waals surface area contributed by atoms with Crippen LogP contribution in [0.3, 0.4) is 0 Å². The molecule has 35 heavy (non-hydrogen) atoms. The molecule has 1 amide bonds. The van der Waals surface area contributed by atoms with Crippen LogP contribution in [0.25, 0.3) is 21.6 Å². The SMILES string of the molecule is COc1cccc(F)c1-c1nccc(C(=O)Nc2ccc3sc(C)nc3c2N2C[C@H]3C[C@@H]2CO3)n1. The van der Waals surface area contributed by atoms with Crippen molar-refractivity contribution in [2.24, 2.45) is 0 Å². The number of nitrogens with one attached hydrogen (secondary N) is 1. The van der Waals surface area contributed by atoms with Crippen LogP contribution in [-0.2, 0) is 4.74 Å². The molecule has 0 unspecified atom stereocenters. The fraction of sp³-hybridized carbons (Fsp3) is 0.280. The molecule has 2 bridgehead atoms. The van der Waals surface area contributed by atoms with Gasteiger partial charge in [-0.1, -0.05) is 6.07 Å². The monoisotopic (exact) mass is 491 g/mol. The molecule has 2 aromatic carbocycles. The summed E-state index contributed by atoms with van der Waals surface area (Å²) >= 11 is 1.62. The number of benzene rings is 2. The Kier molecular flexibility index (Phi) is 5.34. The van der Waals surface area contributed by atoms with Crippen molar-refractivity contribution < 1.29 is 18.7 Å². The number of hydrogen-bond acceptors (Lipinski definition) is 8. The van der Waals surface area contributed by atoms with Gasteiger partial charge in [-0.25, -0.2) is 19.3 Å². The zero-order chi connectivity index (χ0) is 24.1. The van der Waals surface area contributed by atoms with E-state index in [9.17, 15) is 9.18 Å². The Labute approximate surface area is 204 Å². The summed E-state index contributed by atoms with van der Waals surface area (Å²) in [5.74, 6) is -0.579. The number of fused-ring (bicyclic) bond motifs is 3. The van der Waals surface area contributed by atoms with Crippen LogP contribution in [0.15, 0.2) is 42.6 Å². The number of methoxy groups -OCH3 is 1. The number of aryl methyl sites for hydroxylation is 1. The Hall–Kier alpha value is -3.63. The van der Waals surface area contributed by atoms with Crippen LogP contribution in [0, 0.1) is 12.7 Å². The van der Waals surface area contributed by atoms with E-state index in [4.69, 9.17) is 14.5 Å². The van der Waals surface area contributed by atoms with E-state index in [2.05, 4.69) is 20.2 Å². The highest BCUT2D eigenvalue weighted by Crippen LogP contribution is 2.42. The minimum Gasteiger partial charge on any atom is -0.496 e. The van der Waals surface area contributed by atoms with Gasteiger partial charge in [-0.15, -0.1) is 11.3 Å². The van der Waals surface area contributed by atoms with Crippen molar-refractivity contribution in [3.8, 4) is 17.1 Å². The predicted octanol–water partition coefficient (Wildman–Crippen LogP) is 4.44. The summed E-state index contributed by atoms with van der Waals surface area (Å²) in [4.78, 5) is 28.9. The standard InChI is InChI=1S/C25H22FN5O3S/c1-13-28-22-20(35-13)7-6-17(23(22)31-11-15-10-14(31)12-34-15)30-25(32)18-8-9-27-24(29-18)21-16(26)4-3-5-19(21)33-2/h3-9,14-15H,10-12H2,1-2H3,(H,30,32)/t14-,15-/m1/s1. The molecule has 6 rings (SSSR count). The molecule has 4 aromatic rings. The first-order chi connectivity index (χ1) is 17.0. The van der Waals surface area contributed by atoms with Gasteiger partial charge < -0.3 is 19.7 Å². The number of anilines is 2. The van der Waals surface area contributed by atoms with Gasteiger partial charge in [0.25, 0.3) is 5.91 Å². The molecule has 4 heterocycles. The maximum Gasteiger partial charge on any atom is 0.274 e. The summed E-state index contributed by atoms with van der Waals surface area (Å²) in [6, 6.07) is 10.1. The first kappa shape index (κ1) is 21.9. The Balaban J connectivity index is 1.37. The number of aromatic nitrogens is 3. The molecule has 2 aromatic heterocycles. The summed E-state index contributed by atoms with van der Waals surface area (Å²) in [6.45, 7) is 3.40. The van der Waals surface area contributed by atoms with Gasteiger partial charge in [0.05, 0.1) is 52.5 Å². The molecule has 2 saturated heterocycles. The molecule has 8 nitrogen and oxygen atoms in total. The largest absolute Gasteiger partial charge is 0.496 e. The second kappa shape index (κ2) is 8.54. The average Bonchev–Trinajstić information content (AvgIpc) is 3.59. The van der Waals surface area contributed by atoms with Crippen LogP contribution in [0.4, 0.5) is 15.8 Å². The molecule has 2 aliphatic rings. The van der Waals surface area contributed by atoms with Gasteiger partial charge in [0.2, 0.25) is 0 Å². The molecule has 2 fully saturated rings. The maximum atomic E-state index is 14.6. The van der Waals surface area contributed by atoms with Gasteiger partial charge in [-0.05, 0) is 43.7 Å². The van der Waals surface area contributed by atoms with Gasteiger partial charge in [-0.3, -0.25) is 4.79 Å². The summed E-state index contributed by atoms with van der Waals surface area (Å²) < 4.78 is 26.7. The quantitative estimate of drug-likeness (QED) is 0.442. The summed E-state index contributed by atoms with van der Waals surface area (Å²) in [7, 11) is 1.45. The molecule has 178 valence electrons. The molecule has 1 N–H and O–H groups in total. The van der Waals surface area contributed by atoms with Crippen LogP contribution in [0.2, 0.25) is 0 Å². The van der Waals surface area contributed by atoms with Crippen LogP contribution >= 0.6 is 11.3 Å². The van der Waals surface area contributed by atoms with E-state index in [0.29, 0.717) is 18.0 Å².